The van der Waals surface area contributed by atoms with Crippen LogP contribution >= 0.6 is 22.7 Å². The zero-order valence-electron chi connectivity index (χ0n) is 11.4. The molecule has 0 aliphatic heterocycles. The van der Waals surface area contributed by atoms with Crippen molar-refractivity contribution in [1.82, 2.24) is 4.98 Å². The lowest BCUT2D eigenvalue weighted by Crippen LogP contribution is -2.23. The lowest BCUT2D eigenvalue weighted by Gasteiger charge is -2.21. The smallest absolute Gasteiger partial charge is 0.233 e. The first-order chi connectivity index (χ1) is 10.3. The Balaban J connectivity index is 1.71. The number of aromatic nitrogens is 1. The molecule has 108 valence electrons. The predicted octanol–water partition coefficient (Wildman–Crippen LogP) is 2.57. The van der Waals surface area contributed by atoms with Crippen LogP contribution in [0.2, 0.25) is 0 Å². The second-order valence-corrected chi connectivity index (χ2v) is 6.80. The Morgan fingerprint density at radius 2 is 2.48 bits per heavy atom. The summed E-state index contributed by atoms with van der Waals surface area (Å²) in [6.07, 6.45) is 4.73. The number of fused-ring (bicyclic) bond motifs is 1. The fourth-order valence-corrected chi connectivity index (χ4v) is 4.16. The largest absolute Gasteiger partial charge is 0.320 e. The summed E-state index contributed by atoms with van der Waals surface area (Å²) in [5, 5.41) is 5.58. The van der Waals surface area contributed by atoms with Gasteiger partial charge in [0.25, 0.3) is 0 Å². The van der Waals surface area contributed by atoms with Gasteiger partial charge in [0, 0.05) is 4.88 Å². The third-order valence-electron chi connectivity index (χ3n) is 3.42. The third-order valence-corrected chi connectivity index (χ3v) is 5.24. The first-order valence-corrected chi connectivity index (χ1v) is 8.49. The quantitative estimate of drug-likeness (QED) is 0.837. The van der Waals surface area contributed by atoms with E-state index >= 15 is 0 Å². The molecular weight excluding hydrogens is 302 g/mol. The molecule has 0 saturated heterocycles. The van der Waals surface area contributed by atoms with E-state index in [-0.39, 0.29) is 11.8 Å². The summed E-state index contributed by atoms with van der Waals surface area (Å²) in [6.45, 7) is 0.322. The maximum Gasteiger partial charge on any atom is 0.233 e. The number of thiophene rings is 1. The number of nitrogens with two attached hydrogens (primary N) is 1. The predicted molar refractivity (Wildman–Crippen MR) is 86.7 cm³/mol. The number of anilines is 1. The molecule has 4 nitrogen and oxygen atoms in total. The Labute approximate surface area is 131 Å². The van der Waals surface area contributed by atoms with Crippen molar-refractivity contribution in [3.05, 3.63) is 33.0 Å². The molecule has 3 rings (SSSR count). The Bertz CT molecular complexity index is 708. The molecule has 21 heavy (non-hydrogen) atoms. The Morgan fingerprint density at radius 3 is 3.33 bits per heavy atom. The highest BCUT2D eigenvalue weighted by molar-refractivity contribution is 7.16. The number of nitrogens with zero attached hydrogens (tertiary/aromatic N) is 1. The third kappa shape index (κ3) is 3.16. The van der Waals surface area contributed by atoms with Crippen LogP contribution < -0.4 is 11.1 Å². The van der Waals surface area contributed by atoms with Gasteiger partial charge >= 0.3 is 0 Å². The number of carbonyl (C=O) groups excluding carboxylic acids is 1. The van der Waals surface area contributed by atoms with Gasteiger partial charge in [0.15, 0.2) is 5.13 Å². The van der Waals surface area contributed by atoms with Crippen LogP contribution in [0.3, 0.4) is 0 Å². The molecule has 1 aliphatic rings. The number of aryl methyl sites for hydroxylation is 1. The molecule has 1 atom stereocenters. The number of thiazole rings is 1. The molecule has 1 amide bonds. The lowest BCUT2D eigenvalue weighted by atomic mass is 9.87. The minimum absolute atomic E-state index is 0.0297. The molecule has 0 spiro atoms. The second kappa shape index (κ2) is 6.39. The van der Waals surface area contributed by atoms with Crippen LogP contribution in [0.4, 0.5) is 5.13 Å². The summed E-state index contributed by atoms with van der Waals surface area (Å²) in [5.41, 5.74) is 6.52. The Hall–Kier alpha value is -1.68. The van der Waals surface area contributed by atoms with E-state index in [0.717, 1.165) is 24.1 Å². The topological polar surface area (TPSA) is 68.0 Å². The average molecular weight is 317 g/mol. The molecule has 2 aromatic heterocycles. The monoisotopic (exact) mass is 317 g/mol. The molecule has 2 aromatic rings. The second-order valence-electron chi connectivity index (χ2n) is 4.77. The molecule has 3 N–H and O–H groups in total. The fraction of sp³-hybridized carbons (Fsp3) is 0.333. The first-order valence-electron chi connectivity index (χ1n) is 6.80. The lowest BCUT2D eigenvalue weighted by molar-refractivity contribution is -0.117. The van der Waals surface area contributed by atoms with E-state index < -0.39 is 0 Å². The van der Waals surface area contributed by atoms with Crippen molar-refractivity contribution in [3.63, 3.8) is 0 Å². The zero-order valence-corrected chi connectivity index (χ0v) is 13.0. The van der Waals surface area contributed by atoms with E-state index in [1.54, 1.807) is 17.5 Å². The van der Waals surface area contributed by atoms with Gasteiger partial charge in [0.05, 0.1) is 23.5 Å². The first kappa shape index (κ1) is 14.3. The number of carbonyl (C=O) groups is 1. The maximum atomic E-state index is 12.5. The van der Waals surface area contributed by atoms with Crippen LogP contribution in [0.25, 0.3) is 0 Å². The number of hydrogen-bond donors (Lipinski definition) is 2. The van der Waals surface area contributed by atoms with Gasteiger partial charge in [-0.3, -0.25) is 4.79 Å². The zero-order chi connectivity index (χ0) is 14.7. The van der Waals surface area contributed by atoms with Crippen molar-refractivity contribution < 1.29 is 4.79 Å². The molecule has 6 heteroatoms. The van der Waals surface area contributed by atoms with Crippen molar-refractivity contribution in [3.8, 4) is 11.8 Å². The van der Waals surface area contributed by atoms with Crippen molar-refractivity contribution in [2.24, 2.45) is 5.73 Å². The van der Waals surface area contributed by atoms with Gasteiger partial charge in [0.1, 0.15) is 0 Å². The standard InChI is InChI=1S/C15H15N3OS2/c16-7-2-3-10-9-17-15(21-10)18-14(19)12-4-1-5-13-11(12)6-8-20-13/h6,8-9,12H,1,4-5,7,16H2,(H,17,18,19). The van der Waals surface area contributed by atoms with Gasteiger partial charge in [-0.1, -0.05) is 23.2 Å². The highest BCUT2D eigenvalue weighted by atomic mass is 32.1. The SMILES string of the molecule is NCC#Cc1cnc(NC(=O)C2CCCc3sccc32)s1. The van der Waals surface area contributed by atoms with Crippen LogP contribution in [-0.4, -0.2) is 17.4 Å². The van der Waals surface area contributed by atoms with E-state index in [4.69, 9.17) is 5.73 Å². The number of rotatable bonds is 2. The Morgan fingerprint density at radius 1 is 1.57 bits per heavy atom. The van der Waals surface area contributed by atoms with E-state index in [0.29, 0.717) is 11.7 Å². The van der Waals surface area contributed by atoms with Gasteiger partial charge in [-0.05, 0) is 36.3 Å². The summed E-state index contributed by atoms with van der Waals surface area (Å²) in [4.78, 5) is 18.8. The van der Waals surface area contributed by atoms with Crippen molar-refractivity contribution in [2.75, 3.05) is 11.9 Å². The van der Waals surface area contributed by atoms with Gasteiger partial charge < -0.3 is 11.1 Å². The van der Waals surface area contributed by atoms with Gasteiger partial charge in [0.2, 0.25) is 5.91 Å². The molecule has 0 saturated carbocycles. The van der Waals surface area contributed by atoms with Crippen LogP contribution in [-0.2, 0) is 11.2 Å². The van der Waals surface area contributed by atoms with E-state index in [2.05, 4.69) is 33.6 Å². The van der Waals surface area contributed by atoms with Crippen LogP contribution in [0.15, 0.2) is 17.6 Å². The summed E-state index contributed by atoms with van der Waals surface area (Å²) >= 11 is 3.12. The highest BCUT2D eigenvalue weighted by Gasteiger charge is 2.27. The normalized spacial score (nSPS) is 16.7. The summed E-state index contributed by atoms with van der Waals surface area (Å²) in [7, 11) is 0. The van der Waals surface area contributed by atoms with Crippen molar-refractivity contribution in [1.29, 1.82) is 0 Å². The molecule has 0 radical (unpaired) electrons. The number of hydrogen-bond acceptors (Lipinski definition) is 5. The maximum absolute atomic E-state index is 12.5. The highest BCUT2D eigenvalue weighted by Crippen LogP contribution is 2.35. The van der Waals surface area contributed by atoms with E-state index in [9.17, 15) is 4.79 Å². The fourth-order valence-electron chi connectivity index (χ4n) is 2.48. The van der Waals surface area contributed by atoms with Crippen LogP contribution in [0.5, 0.6) is 0 Å². The molecule has 1 aliphatic carbocycles. The number of amides is 1. The molecular formula is C15H15N3OS2. The van der Waals surface area contributed by atoms with E-state index in [1.807, 2.05) is 0 Å². The summed E-state index contributed by atoms with van der Waals surface area (Å²) < 4.78 is 0. The van der Waals surface area contributed by atoms with Crippen LogP contribution in [0, 0.1) is 11.8 Å². The minimum atomic E-state index is -0.0533. The molecule has 1 unspecified atom stereocenters. The van der Waals surface area contributed by atoms with Gasteiger partial charge in [-0.2, -0.15) is 0 Å². The van der Waals surface area contributed by atoms with Gasteiger partial charge in [-0.25, -0.2) is 4.98 Å². The molecule has 0 aromatic carbocycles. The van der Waals surface area contributed by atoms with Crippen molar-refractivity contribution in [2.45, 2.75) is 25.2 Å². The summed E-state index contributed by atoms with van der Waals surface area (Å²) in [5.74, 6) is 5.68. The molecule has 2 heterocycles. The Kier molecular flexibility index (Phi) is 4.34. The summed E-state index contributed by atoms with van der Waals surface area (Å²) in [6, 6.07) is 2.07. The average Bonchev–Trinajstić information content (AvgIpc) is 3.13. The van der Waals surface area contributed by atoms with E-state index in [1.165, 1.54) is 21.8 Å². The van der Waals surface area contributed by atoms with Crippen molar-refractivity contribution >= 4 is 33.7 Å². The number of nitrogens with one attached hydrogen (secondary N) is 1. The minimum Gasteiger partial charge on any atom is -0.320 e. The van der Waals surface area contributed by atoms with Crippen LogP contribution in [0.1, 0.15) is 34.1 Å². The molecule has 0 fully saturated rings. The molecule has 0 bridgehead atoms. The van der Waals surface area contributed by atoms with Gasteiger partial charge in [-0.15, -0.1) is 11.3 Å².